The summed E-state index contributed by atoms with van der Waals surface area (Å²) >= 11 is 0. The lowest BCUT2D eigenvalue weighted by Crippen LogP contribution is -3.00. The second kappa shape index (κ2) is 4.45. The molecule has 0 bridgehead atoms. The van der Waals surface area contributed by atoms with E-state index in [1.807, 2.05) is 27.2 Å². The van der Waals surface area contributed by atoms with Crippen LogP contribution in [0.15, 0.2) is 22.8 Å². The Labute approximate surface area is 88.9 Å². The number of halogens is 1. The van der Waals surface area contributed by atoms with E-state index in [0.717, 1.165) is 5.76 Å². The van der Waals surface area contributed by atoms with Crippen molar-refractivity contribution in [1.82, 2.24) is 0 Å². The average molecular weight is 245 g/mol. The van der Waals surface area contributed by atoms with Gasteiger partial charge < -0.3 is 25.9 Å². The summed E-state index contributed by atoms with van der Waals surface area (Å²) in [5.74, 6) is 0.727. The lowest BCUT2D eigenvalue weighted by Gasteiger charge is -2.27. The third-order valence-electron chi connectivity index (χ3n) is 1.71. The summed E-state index contributed by atoms with van der Waals surface area (Å²) in [4.78, 5) is 0. The summed E-state index contributed by atoms with van der Waals surface area (Å²) in [6, 6.07) is 5.63. The molecule has 0 amide bonds. The zero-order valence-corrected chi connectivity index (χ0v) is 9.58. The fourth-order valence-electron chi connectivity index (χ4n) is 1.07. The molecule has 1 aromatic rings. The van der Waals surface area contributed by atoms with Crippen LogP contribution < -0.4 is 17.0 Å². The van der Waals surface area contributed by atoms with Crippen LogP contribution in [0.1, 0.15) is 11.8 Å². The highest BCUT2D eigenvalue weighted by Gasteiger charge is 2.27. The molecule has 0 radical (unpaired) electrons. The van der Waals surface area contributed by atoms with Crippen molar-refractivity contribution in [2.75, 3.05) is 21.1 Å². The Morgan fingerprint density at radius 2 is 2.08 bits per heavy atom. The average Bonchev–Trinajstić information content (AvgIpc) is 2.38. The zero-order chi connectivity index (χ0) is 9.19. The molecule has 0 aliphatic heterocycles. The summed E-state index contributed by atoms with van der Waals surface area (Å²) in [5.41, 5.74) is 0. The van der Waals surface area contributed by atoms with Gasteiger partial charge in [-0.05, 0) is 12.1 Å². The molecule has 13 heavy (non-hydrogen) atoms. The van der Waals surface area contributed by atoms with Crippen LogP contribution in [0, 0.1) is 11.3 Å². The number of quaternary nitrogens is 1. The molecular formula is C9H13BrN2O. The largest absolute Gasteiger partial charge is 1.00 e. The van der Waals surface area contributed by atoms with Gasteiger partial charge in [0, 0.05) is 0 Å². The lowest BCUT2D eigenvalue weighted by atomic mass is 10.2. The van der Waals surface area contributed by atoms with Crippen LogP contribution in [0.25, 0.3) is 0 Å². The van der Waals surface area contributed by atoms with Gasteiger partial charge in [0.2, 0.25) is 6.04 Å². The molecule has 0 N–H and O–H groups in total. The third kappa shape index (κ3) is 2.87. The van der Waals surface area contributed by atoms with Gasteiger partial charge in [0.25, 0.3) is 0 Å². The van der Waals surface area contributed by atoms with Gasteiger partial charge >= 0.3 is 0 Å². The van der Waals surface area contributed by atoms with Crippen molar-refractivity contribution in [2.24, 2.45) is 0 Å². The maximum absolute atomic E-state index is 8.91. The van der Waals surface area contributed by atoms with E-state index in [2.05, 4.69) is 6.07 Å². The first-order chi connectivity index (χ1) is 5.55. The Bertz CT molecular complexity index is 282. The first-order valence-corrected chi connectivity index (χ1v) is 3.80. The minimum absolute atomic E-state index is 0. The van der Waals surface area contributed by atoms with Gasteiger partial charge in [-0.15, -0.1) is 0 Å². The molecule has 0 aliphatic carbocycles. The van der Waals surface area contributed by atoms with Crippen LogP contribution in [0.5, 0.6) is 0 Å². The van der Waals surface area contributed by atoms with E-state index >= 15 is 0 Å². The van der Waals surface area contributed by atoms with Crippen molar-refractivity contribution >= 4 is 0 Å². The molecule has 1 unspecified atom stereocenters. The molecule has 0 fully saturated rings. The van der Waals surface area contributed by atoms with Crippen LogP contribution in [0.2, 0.25) is 0 Å². The SMILES string of the molecule is C[N+](C)(C)C(C#N)c1ccco1.[Br-]. The number of rotatable bonds is 2. The van der Waals surface area contributed by atoms with Gasteiger partial charge in [-0.1, -0.05) is 0 Å². The summed E-state index contributed by atoms with van der Waals surface area (Å²) in [6.07, 6.45) is 1.59. The number of hydrogen-bond acceptors (Lipinski definition) is 2. The van der Waals surface area contributed by atoms with E-state index < -0.39 is 0 Å². The van der Waals surface area contributed by atoms with Crippen LogP contribution in [-0.2, 0) is 0 Å². The molecule has 1 aromatic heterocycles. The highest BCUT2D eigenvalue weighted by atomic mass is 79.9. The van der Waals surface area contributed by atoms with Crippen LogP contribution in [0.4, 0.5) is 0 Å². The summed E-state index contributed by atoms with van der Waals surface area (Å²) < 4.78 is 5.73. The van der Waals surface area contributed by atoms with Gasteiger partial charge in [-0.3, -0.25) is 0 Å². The molecule has 0 saturated heterocycles. The highest BCUT2D eigenvalue weighted by Crippen LogP contribution is 2.22. The van der Waals surface area contributed by atoms with Gasteiger partial charge in [0.1, 0.15) is 6.07 Å². The monoisotopic (exact) mass is 244 g/mol. The Morgan fingerprint density at radius 1 is 1.46 bits per heavy atom. The van der Waals surface area contributed by atoms with Gasteiger partial charge in [-0.2, -0.15) is 5.26 Å². The Hall–Kier alpha value is -0.790. The summed E-state index contributed by atoms with van der Waals surface area (Å²) in [6.45, 7) is 0. The minimum atomic E-state index is -0.222. The van der Waals surface area contributed by atoms with Crippen molar-refractivity contribution in [1.29, 1.82) is 5.26 Å². The van der Waals surface area contributed by atoms with Crippen molar-refractivity contribution in [3.63, 3.8) is 0 Å². The van der Waals surface area contributed by atoms with Crippen molar-refractivity contribution in [3.05, 3.63) is 24.2 Å². The van der Waals surface area contributed by atoms with E-state index in [-0.39, 0.29) is 23.0 Å². The molecule has 0 aliphatic rings. The van der Waals surface area contributed by atoms with Crippen LogP contribution in [-0.4, -0.2) is 25.6 Å². The lowest BCUT2D eigenvalue weighted by molar-refractivity contribution is -0.894. The van der Waals surface area contributed by atoms with Gasteiger partial charge in [0.15, 0.2) is 5.76 Å². The number of hydrogen-bond donors (Lipinski definition) is 0. The Morgan fingerprint density at radius 3 is 2.38 bits per heavy atom. The second-order valence-corrected chi connectivity index (χ2v) is 3.66. The Balaban J connectivity index is 0.00000144. The molecule has 4 heteroatoms. The smallest absolute Gasteiger partial charge is 0.234 e. The predicted molar refractivity (Wildman–Crippen MR) is 45.1 cm³/mol. The molecule has 1 heterocycles. The van der Waals surface area contributed by atoms with Gasteiger partial charge in [-0.25, -0.2) is 0 Å². The van der Waals surface area contributed by atoms with Crippen LogP contribution in [0.3, 0.4) is 0 Å². The zero-order valence-electron chi connectivity index (χ0n) is 7.99. The van der Waals surface area contributed by atoms with E-state index in [1.165, 1.54) is 0 Å². The number of nitrogens with zero attached hydrogens (tertiary/aromatic N) is 2. The fourth-order valence-corrected chi connectivity index (χ4v) is 1.07. The van der Waals surface area contributed by atoms with Crippen molar-refractivity contribution in [2.45, 2.75) is 6.04 Å². The molecular weight excluding hydrogens is 232 g/mol. The van der Waals surface area contributed by atoms with E-state index in [9.17, 15) is 0 Å². The Kier molecular flexibility index (Phi) is 4.18. The quantitative estimate of drug-likeness (QED) is 0.598. The molecule has 3 nitrogen and oxygen atoms in total. The van der Waals surface area contributed by atoms with Crippen molar-refractivity contribution < 1.29 is 25.9 Å². The molecule has 0 spiro atoms. The summed E-state index contributed by atoms with van der Waals surface area (Å²) in [5, 5.41) is 8.91. The maximum atomic E-state index is 8.91. The standard InChI is InChI=1S/C9H13N2O.BrH/c1-11(2,3)8(7-10)9-5-4-6-12-9;/h4-6,8H,1-3H3;1H/q+1;/p-1. The molecule has 1 rings (SSSR count). The highest BCUT2D eigenvalue weighted by molar-refractivity contribution is 5.09. The fraction of sp³-hybridized carbons (Fsp3) is 0.444. The first kappa shape index (κ1) is 12.2. The second-order valence-electron chi connectivity index (χ2n) is 3.66. The topological polar surface area (TPSA) is 36.9 Å². The van der Waals surface area contributed by atoms with E-state index in [4.69, 9.17) is 9.68 Å². The van der Waals surface area contributed by atoms with Crippen molar-refractivity contribution in [3.8, 4) is 6.07 Å². The minimum Gasteiger partial charge on any atom is -1.00 e. The molecule has 1 atom stereocenters. The summed E-state index contributed by atoms with van der Waals surface area (Å²) in [7, 11) is 5.91. The normalized spacial score (nSPS) is 12.8. The molecule has 0 saturated carbocycles. The predicted octanol–water partition coefficient (Wildman–Crippen LogP) is -1.45. The first-order valence-electron chi connectivity index (χ1n) is 3.80. The van der Waals surface area contributed by atoms with E-state index in [1.54, 1.807) is 12.3 Å². The maximum Gasteiger partial charge on any atom is 0.234 e. The van der Waals surface area contributed by atoms with E-state index in [0.29, 0.717) is 4.48 Å². The molecule has 0 aromatic carbocycles. The van der Waals surface area contributed by atoms with Gasteiger partial charge in [0.05, 0.1) is 27.4 Å². The molecule has 72 valence electrons. The number of furan rings is 1. The number of nitriles is 1. The third-order valence-corrected chi connectivity index (χ3v) is 1.71. The van der Waals surface area contributed by atoms with Crippen LogP contribution >= 0.6 is 0 Å².